The highest BCUT2D eigenvalue weighted by molar-refractivity contribution is 9.10. The first-order valence-corrected chi connectivity index (χ1v) is 5.82. The van der Waals surface area contributed by atoms with Gasteiger partial charge < -0.3 is 5.32 Å². The number of nitrogens with zero attached hydrogens (tertiary/aromatic N) is 1. The lowest BCUT2D eigenvalue weighted by Crippen LogP contribution is -1.97. The maximum Gasteiger partial charge on any atom is 0.293 e. The van der Waals surface area contributed by atoms with Gasteiger partial charge in [0.2, 0.25) is 0 Å². The number of hydrogen-bond acceptors (Lipinski definition) is 3. The van der Waals surface area contributed by atoms with E-state index in [9.17, 15) is 14.5 Å². The zero-order valence-corrected chi connectivity index (χ0v) is 10.6. The van der Waals surface area contributed by atoms with E-state index < -0.39 is 10.7 Å². The first-order chi connectivity index (χ1) is 8.56. The van der Waals surface area contributed by atoms with Crippen molar-refractivity contribution in [2.45, 2.75) is 0 Å². The summed E-state index contributed by atoms with van der Waals surface area (Å²) in [6, 6.07) is 10.4. The standard InChI is InChI=1S/C12H8BrFN2O2/c13-8-4-5-11(12(6-8)16(17)18)15-10-3-1-2-9(14)7-10/h1-7,15H. The van der Waals surface area contributed by atoms with Gasteiger partial charge >= 0.3 is 0 Å². The molecule has 18 heavy (non-hydrogen) atoms. The molecule has 2 aromatic carbocycles. The number of rotatable bonds is 3. The Balaban J connectivity index is 2.37. The number of anilines is 2. The predicted octanol–water partition coefficient (Wildman–Crippen LogP) is 4.24. The van der Waals surface area contributed by atoms with Crippen LogP contribution in [-0.4, -0.2) is 4.92 Å². The fourth-order valence-corrected chi connectivity index (χ4v) is 1.83. The van der Waals surface area contributed by atoms with Gasteiger partial charge in [0.25, 0.3) is 5.69 Å². The third-order valence-electron chi connectivity index (χ3n) is 2.26. The lowest BCUT2D eigenvalue weighted by Gasteiger charge is -2.07. The van der Waals surface area contributed by atoms with Gasteiger partial charge in [-0.2, -0.15) is 0 Å². The average molecular weight is 311 g/mol. The highest BCUT2D eigenvalue weighted by Crippen LogP contribution is 2.30. The molecule has 0 aromatic heterocycles. The zero-order valence-electron chi connectivity index (χ0n) is 9.06. The molecule has 0 heterocycles. The summed E-state index contributed by atoms with van der Waals surface area (Å²) < 4.78 is 13.6. The van der Waals surface area contributed by atoms with E-state index in [0.717, 1.165) is 0 Å². The fraction of sp³-hybridized carbons (Fsp3) is 0. The number of hydrogen-bond donors (Lipinski definition) is 1. The molecular formula is C12H8BrFN2O2. The molecule has 6 heteroatoms. The molecule has 0 aliphatic carbocycles. The van der Waals surface area contributed by atoms with Crippen molar-refractivity contribution >= 4 is 33.0 Å². The molecular weight excluding hydrogens is 303 g/mol. The van der Waals surface area contributed by atoms with Crippen molar-refractivity contribution in [1.82, 2.24) is 0 Å². The third-order valence-corrected chi connectivity index (χ3v) is 2.75. The van der Waals surface area contributed by atoms with E-state index >= 15 is 0 Å². The van der Waals surface area contributed by atoms with Crippen LogP contribution in [-0.2, 0) is 0 Å². The summed E-state index contributed by atoms with van der Waals surface area (Å²) in [5.41, 5.74) is 0.697. The zero-order chi connectivity index (χ0) is 13.1. The van der Waals surface area contributed by atoms with Crippen LogP contribution < -0.4 is 5.32 Å². The molecule has 2 aromatic rings. The van der Waals surface area contributed by atoms with Crippen LogP contribution in [0.1, 0.15) is 0 Å². The van der Waals surface area contributed by atoms with Gasteiger partial charge in [-0.05, 0) is 30.3 Å². The van der Waals surface area contributed by atoms with Gasteiger partial charge in [0.15, 0.2) is 0 Å². The van der Waals surface area contributed by atoms with E-state index in [1.54, 1.807) is 18.2 Å². The van der Waals surface area contributed by atoms with E-state index in [1.807, 2.05) is 0 Å². The molecule has 0 aliphatic heterocycles. The molecule has 0 saturated heterocycles. The molecule has 1 N–H and O–H groups in total. The van der Waals surface area contributed by atoms with Crippen LogP contribution in [0.25, 0.3) is 0 Å². The Bertz CT molecular complexity index is 604. The van der Waals surface area contributed by atoms with Gasteiger partial charge in [0, 0.05) is 16.2 Å². The van der Waals surface area contributed by atoms with Crippen LogP contribution in [0.2, 0.25) is 0 Å². The van der Waals surface area contributed by atoms with Crippen molar-refractivity contribution in [1.29, 1.82) is 0 Å². The van der Waals surface area contributed by atoms with Crippen molar-refractivity contribution in [3.8, 4) is 0 Å². The van der Waals surface area contributed by atoms with E-state index in [4.69, 9.17) is 0 Å². The highest BCUT2D eigenvalue weighted by atomic mass is 79.9. The van der Waals surface area contributed by atoms with Crippen LogP contribution >= 0.6 is 15.9 Å². The third kappa shape index (κ3) is 2.84. The molecule has 0 atom stereocenters. The molecule has 0 radical (unpaired) electrons. The van der Waals surface area contributed by atoms with Crippen molar-refractivity contribution in [2.75, 3.05) is 5.32 Å². The second-order valence-electron chi connectivity index (χ2n) is 3.55. The number of nitro benzene ring substituents is 1. The van der Waals surface area contributed by atoms with Gasteiger partial charge in [0.05, 0.1) is 4.92 Å². The summed E-state index contributed by atoms with van der Waals surface area (Å²) >= 11 is 3.17. The lowest BCUT2D eigenvalue weighted by molar-refractivity contribution is -0.384. The Kier molecular flexibility index (Phi) is 3.57. The monoisotopic (exact) mass is 310 g/mol. The molecule has 4 nitrogen and oxygen atoms in total. The predicted molar refractivity (Wildman–Crippen MR) is 70.5 cm³/mol. The number of benzene rings is 2. The van der Waals surface area contributed by atoms with Crippen molar-refractivity contribution in [3.63, 3.8) is 0 Å². The number of halogens is 2. The minimum atomic E-state index is -0.494. The quantitative estimate of drug-likeness (QED) is 0.681. The second kappa shape index (κ2) is 5.14. The van der Waals surface area contributed by atoms with Crippen LogP contribution in [0.5, 0.6) is 0 Å². The first kappa shape index (κ1) is 12.5. The summed E-state index contributed by atoms with van der Waals surface area (Å²) in [6.45, 7) is 0. The Morgan fingerprint density at radius 1 is 1.22 bits per heavy atom. The second-order valence-corrected chi connectivity index (χ2v) is 4.47. The minimum absolute atomic E-state index is 0.0753. The summed E-state index contributed by atoms with van der Waals surface area (Å²) in [5, 5.41) is 13.7. The molecule has 2 rings (SSSR count). The Labute approximate surface area is 111 Å². The highest BCUT2D eigenvalue weighted by Gasteiger charge is 2.14. The Hall–Kier alpha value is -1.95. The molecule has 0 saturated carbocycles. The smallest absolute Gasteiger partial charge is 0.293 e. The van der Waals surface area contributed by atoms with E-state index in [-0.39, 0.29) is 5.69 Å². The van der Waals surface area contributed by atoms with Gasteiger partial charge in [-0.3, -0.25) is 10.1 Å². The average Bonchev–Trinajstić information content (AvgIpc) is 2.31. The van der Waals surface area contributed by atoms with E-state index in [0.29, 0.717) is 15.8 Å². The molecule has 0 aliphatic rings. The maximum atomic E-state index is 13.0. The van der Waals surface area contributed by atoms with Crippen LogP contribution in [0.4, 0.5) is 21.5 Å². The van der Waals surface area contributed by atoms with Crippen LogP contribution in [0, 0.1) is 15.9 Å². The summed E-state index contributed by atoms with van der Waals surface area (Å²) in [6.07, 6.45) is 0. The lowest BCUT2D eigenvalue weighted by atomic mass is 10.2. The molecule has 0 fully saturated rings. The minimum Gasteiger partial charge on any atom is -0.350 e. The summed E-state index contributed by atoms with van der Waals surface area (Å²) in [4.78, 5) is 10.4. The van der Waals surface area contributed by atoms with Crippen molar-refractivity contribution in [3.05, 3.63) is 62.9 Å². The molecule has 0 spiro atoms. The van der Waals surface area contributed by atoms with Gasteiger partial charge in [-0.15, -0.1) is 0 Å². The summed E-state index contributed by atoms with van der Waals surface area (Å²) in [7, 11) is 0. The molecule has 0 amide bonds. The molecule has 0 unspecified atom stereocenters. The van der Waals surface area contributed by atoms with Gasteiger partial charge in [-0.25, -0.2) is 4.39 Å². The molecule has 0 bridgehead atoms. The van der Waals surface area contributed by atoms with Crippen LogP contribution in [0.15, 0.2) is 46.9 Å². The Morgan fingerprint density at radius 2 is 2.00 bits per heavy atom. The maximum absolute atomic E-state index is 13.0. The van der Waals surface area contributed by atoms with E-state index in [2.05, 4.69) is 21.2 Å². The Morgan fingerprint density at radius 3 is 2.67 bits per heavy atom. The topological polar surface area (TPSA) is 55.2 Å². The number of nitrogens with one attached hydrogen (secondary N) is 1. The SMILES string of the molecule is O=[N+]([O-])c1cc(Br)ccc1Nc1cccc(F)c1. The van der Waals surface area contributed by atoms with Crippen molar-refractivity contribution in [2.24, 2.45) is 0 Å². The first-order valence-electron chi connectivity index (χ1n) is 5.03. The fourth-order valence-electron chi connectivity index (χ4n) is 1.48. The number of nitro groups is 1. The normalized spacial score (nSPS) is 10.1. The molecule has 92 valence electrons. The largest absolute Gasteiger partial charge is 0.350 e. The van der Waals surface area contributed by atoms with Gasteiger partial charge in [0.1, 0.15) is 11.5 Å². The van der Waals surface area contributed by atoms with Crippen LogP contribution in [0.3, 0.4) is 0 Å². The van der Waals surface area contributed by atoms with Crippen molar-refractivity contribution < 1.29 is 9.31 Å². The van der Waals surface area contributed by atoms with Gasteiger partial charge in [-0.1, -0.05) is 22.0 Å². The summed E-state index contributed by atoms with van der Waals surface area (Å²) in [5.74, 6) is -0.403. The van der Waals surface area contributed by atoms with E-state index in [1.165, 1.54) is 24.3 Å².